The summed E-state index contributed by atoms with van der Waals surface area (Å²) >= 11 is 0. The zero-order valence-electron chi connectivity index (χ0n) is 10.3. The summed E-state index contributed by atoms with van der Waals surface area (Å²) in [5, 5.41) is 9.26. The van der Waals surface area contributed by atoms with Crippen molar-refractivity contribution >= 4 is 12.0 Å². The van der Waals surface area contributed by atoms with Crippen LogP contribution in [0.5, 0.6) is 0 Å². The second kappa shape index (κ2) is 4.36. The first-order chi connectivity index (χ1) is 8.10. The Kier molecular flexibility index (Phi) is 3.05. The molecule has 0 bridgehead atoms. The van der Waals surface area contributed by atoms with E-state index >= 15 is 0 Å². The molecule has 0 heterocycles. The van der Waals surface area contributed by atoms with E-state index in [9.17, 15) is 9.90 Å². The number of carboxylic acid groups (broad SMARTS) is 1. The van der Waals surface area contributed by atoms with Crippen LogP contribution in [-0.2, 0) is 4.79 Å². The molecule has 1 aromatic carbocycles. The summed E-state index contributed by atoms with van der Waals surface area (Å²) in [6.45, 7) is 4.00. The highest BCUT2D eigenvalue weighted by molar-refractivity contribution is 5.80. The fourth-order valence-electron chi connectivity index (χ4n) is 2.59. The highest BCUT2D eigenvalue weighted by Gasteiger charge is 2.59. The van der Waals surface area contributed by atoms with Crippen LogP contribution in [0, 0.1) is 11.3 Å². The second-order valence-corrected chi connectivity index (χ2v) is 4.87. The van der Waals surface area contributed by atoms with Crippen LogP contribution in [0.1, 0.15) is 32.3 Å². The standard InChI is InChI=1S/C15H18O2/c1-3-15(14(16)17)10-13(15)11(2)9-12-7-5-4-6-8-12/h4-9,13H,3,10H2,1-2H3,(H,16,17). The topological polar surface area (TPSA) is 37.3 Å². The van der Waals surface area contributed by atoms with Crippen LogP contribution in [0.25, 0.3) is 6.08 Å². The van der Waals surface area contributed by atoms with Gasteiger partial charge in [-0.15, -0.1) is 0 Å². The first kappa shape index (κ1) is 11.9. The first-order valence-corrected chi connectivity index (χ1v) is 6.07. The molecule has 2 rings (SSSR count). The molecule has 0 aromatic heterocycles. The van der Waals surface area contributed by atoms with Crippen molar-refractivity contribution in [1.29, 1.82) is 0 Å². The molecule has 0 amide bonds. The van der Waals surface area contributed by atoms with Crippen LogP contribution in [0.4, 0.5) is 0 Å². The van der Waals surface area contributed by atoms with Gasteiger partial charge in [0.2, 0.25) is 0 Å². The van der Waals surface area contributed by atoms with Gasteiger partial charge in [0.15, 0.2) is 0 Å². The molecule has 2 unspecified atom stereocenters. The van der Waals surface area contributed by atoms with Gasteiger partial charge < -0.3 is 5.11 Å². The third-order valence-corrected chi connectivity index (χ3v) is 3.88. The molecule has 2 nitrogen and oxygen atoms in total. The number of hydrogen-bond donors (Lipinski definition) is 1. The van der Waals surface area contributed by atoms with Crippen molar-refractivity contribution in [2.75, 3.05) is 0 Å². The molecule has 0 saturated heterocycles. The van der Waals surface area contributed by atoms with Gasteiger partial charge in [0, 0.05) is 0 Å². The number of rotatable bonds is 4. The van der Waals surface area contributed by atoms with Gasteiger partial charge in [-0.2, -0.15) is 0 Å². The molecule has 1 saturated carbocycles. The quantitative estimate of drug-likeness (QED) is 0.858. The van der Waals surface area contributed by atoms with Crippen LogP contribution < -0.4 is 0 Å². The Morgan fingerprint density at radius 1 is 1.47 bits per heavy atom. The Morgan fingerprint density at radius 2 is 2.12 bits per heavy atom. The summed E-state index contributed by atoms with van der Waals surface area (Å²) < 4.78 is 0. The summed E-state index contributed by atoms with van der Waals surface area (Å²) in [4.78, 5) is 11.3. The predicted octanol–water partition coefficient (Wildman–Crippen LogP) is 3.59. The van der Waals surface area contributed by atoms with E-state index in [4.69, 9.17) is 0 Å². The van der Waals surface area contributed by atoms with Crippen molar-refractivity contribution in [3.8, 4) is 0 Å². The zero-order chi connectivity index (χ0) is 12.5. The van der Waals surface area contributed by atoms with Crippen molar-refractivity contribution in [1.82, 2.24) is 0 Å². The van der Waals surface area contributed by atoms with Crippen LogP contribution in [0.15, 0.2) is 35.9 Å². The van der Waals surface area contributed by atoms with E-state index in [1.54, 1.807) is 0 Å². The minimum atomic E-state index is -0.647. The molecular formula is C15H18O2. The number of hydrogen-bond acceptors (Lipinski definition) is 1. The van der Waals surface area contributed by atoms with Gasteiger partial charge in [-0.25, -0.2) is 0 Å². The molecule has 1 fully saturated rings. The number of benzene rings is 1. The average molecular weight is 230 g/mol. The van der Waals surface area contributed by atoms with Crippen LogP contribution in [0.3, 0.4) is 0 Å². The molecule has 0 radical (unpaired) electrons. The van der Waals surface area contributed by atoms with E-state index in [0.717, 1.165) is 12.0 Å². The minimum absolute atomic E-state index is 0.213. The Morgan fingerprint density at radius 3 is 2.59 bits per heavy atom. The van der Waals surface area contributed by atoms with Crippen LogP contribution in [-0.4, -0.2) is 11.1 Å². The molecular weight excluding hydrogens is 212 g/mol. The van der Waals surface area contributed by atoms with E-state index in [-0.39, 0.29) is 5.92 Å². The average Bonchev–Trinajstić information content (AvgIpc) is 3.06. The van der Waals surface area contributed by atoms with Crippen molar-refractivity contribution in [2.24, 2.45) is 11.3 Å². The highest BCUT2D eigenvalue weighted by Crippen LogP contribution is 2.59. The van der Waals surface area contributed by atoms with Crippen molar-refractivity contribution in [3.05, 3.63) is 41.5 Å². The summed E-state index contributed by atoms with van der Waals surface area (Å²) in [5.41, 5.74) is 1.84. The first-order valence-electron chi connectivity index (χ1n) is 6.07. The number of carboxylic acids is 1. The predicted molar refractivity (Wildman–Crippen MR) is 68.6 cm³/mol. The number of allylic oxidation sites excluding steroid dienone is 1. The van der Waals surface area contributed by atoms with Gasteiger partial charge in [-0.3, -0.25) is 4.79 Å². The van der Waals surface area contributed by atoms with Gasteiger partial charge in [0.25, 0.3) is 0 Å². The van der Waals surface area contributed by atoms with Gasteiger partial charge in [-0.1, -0.05) is 48.9 Å². The molecule has 1 aliphatic rings. The van der Waals surface area contributed by atoms with Gasteiger partial charge in [0.05, 0.1) is 5.41 Å². The normalized spacial score (nSPS) is 27.9. The molecule has 2 heteroatoms. The lowest BCUT2D eigenvalue weighted by molar-refractivity contribution is -0.143. The molecule has 17 heavy (non-hydrogen) atoms. The number of aliphatic carboxylic acids is 1. The van der Waals surface area contributed by atoms with Crippen molar-refractivity contribution in [3.63, 3.8) is 0 Å². The third kappa shape index (κ3) is 2.12. The SMILES string of the molecule is CCC1(C(=O)O)CC1C(C)=Cc1ccccc1. The maximum Gasteiger partial charge on any atom is 0.310 e. The Hall–Kier alpha value is -1.57. The van der Waals surface area contributed by atoms with E-state index < -0.39 is 11.4 Å². The lowest BCUT2D eigenvalue weighted by Gasteiger charge is -2.09. The molecule has 1 aromatic rings. The largest absolute Gasteiger partial charge is 0.481 e. The zero-order valence-corrected chi connectivity index (χ0v) is 10.3. The van der Waals surface area contributed by atoms with E-state index in [1.807, 2.05) is 44.2 Å². The molecule has 1 aliphatic carbocycles. The monoisotopic (exact) mass is 230 g/mol. The van der Waals surface area contributed by atoms with E-state index in [0.29, 0.717) is 6.42 Å². The summed E-state index contributed by atoms with van der Waals surface area (Å²) in [5.74, 6) is -0.434. The smallest absolute Gasteiger partial charge is 0.310 e. The second-order valence-electron chi connectivity index (χ2n) is 4.87. The maximum absolute atomic E-state index is 11.3. The van der Waals surface area contributed by atoms with Gasteiger partial charge in [0.1, 0.15) is 0 Å². The number of carbonyl (C=O) groups is 1. The molecule has 0 spiro atoms. The molecule has 90 valence electrons. The van der Waals surface area contributed by atoms with Gasteiger partial charge >= 0.3 is 5.97 Å². The molecule has 2 atom stereocenters. The van der Waals surface area contributed by atoms with Crippen LogP contribution >= 0.6 is 0 Å². The van der Waals surface area contributed by atoms with Crippen molar-refractivity contribution in [2.45, 2.75) is 26.7 Å². The third-order valence-electron chi connectivity index (χ3n) is 3.88. The van der Waals surface area contributed by atoms with E-state index in [2.05, 4.69) is 6.08 Å². The summed E-state index contributed by atoms with van der Waals surface area (Å²) in [6.07, 6.45) is 3.60. The maximum atomic E-state index is 11.3. The van der Waals surface area contributed by atoms with Crippen molar-refractivity contribution < 1.29 is 9.90 Å². The Balaban J connectivity index is 2.16. The Bertz CT molecular complexity index is 447. The van der Waals surface area contributed by atoms with Gasteiger partial charge in [-0.05, 0) is 31.2 Å². The Labute approximate surface area is 102 Å². The minimum Gasteiger partial charge on any atom is -0.481 e. The van der Waals surface area contributed by atoms with E-state index in [1.165, 1.54) is 5.57 Å². The summed E-state index contributed by atoms with van der Waals surface area (Å²) in [7, 11) is 0. The lowest BCUT2D eigenvalue weighted by Crippen LogP contribution is -2.16. The fourth-order valence-corrected chi connectivity index (χ4v) is 2.59. The summed E-state index contributed by atoms with van der Waals surface area (Å²) in [6, 6.07) is 10.1. The molecule has 0 aliphatic heterocycles. The lowest BCUT2D eigenvalue weighted by atomic mass is 9.96. The fraction of sp³-hybridized carbons (Fsp3) is 0.400. The highest BCUT2D eigenvalue weighted by atomic mass is 16.4. The van der Waals surface area contributed by atoms with Crippen LogP contribution in [0.2, 0.25) is 0 Å². The molecule has 1 N–H and O–H groups in total.